The van der Waals surface area contributed by atoms with E-state index < -0.39 is 56.0 Å². The molecule has 2 aromatic rings. The molecular weight excluding hydrogens is 480 g/mol. The monoisotopic (exact) mass is 514 g/mol. The standard InChI is InChI=1S/C27H34O8Si/c1-18(28)32-24-23(17-31-26(4,5)6)35-27(34-20(3)30,25(24)33-19(2)29)36(21-13-9-7-10-14-21)22-15-11-8-12-16-22/h7-16,23-25,36H,17H2,1-6H3/t23-,24-,25-,27?/m1/s1. The summed E-state index contributed by atoms with van der Waals surface area (Å²) in [5, 5.41) is 1.78. The van der Waals surface area contributed by atoms with Gasteiger partial charge in [-0.3, -0.25) is 14.4 Å². The molecule has 36 heavy (non-hydrogen) atoms. The Balaban J connectivity index is 2.26. The number of rotatable bonds is 8. The van der Waals surface area contributed by atoms with Crippen LogP contribution in [0.1, 0.15) is 41.5 Å². The van der Waals surface area contributed by atoms with Gasteiger partial charge in [-0.15, -0.1) is 0 Å². The van der Waals surface area contributed by atoms with Crippen molar-refractivity contribution in [3.63, 3.8) is 0 Å². The van der Waals surface area contributed by atoms with E-state index >= 15 is 0 Å². The summed E-state index contributed by atoms with van der Waals surface area (Å²) >= 11 is 0. The molecule has 194 valence electrons. The molecule has 1 fully saturated rings. The van der Waals surface area contributed by atoms with Gasteiger partial charge >= 0.3 is 17.9 Å². The van der Waals surface area contributed by atoms with Crippen LogP contribution in [-0.4, -0.2) is 62.6 Å². The second-order valence-electron chi connectivity index (χ2n) is 9.75. The first-order chi connectivity index (χ1) is 16.9. The summed E-state index contributed by atoms with van der Waals surface area (Å²) in [6, 6.07) is 19.1. The minimum Gasteiger partial charge on any atom is -0.455 e. The molecule has 2 aromatic carbocycles. The number of carbonyl (C=O) groups is 3. The first kappa shape index (κ1) is 27.6. The molecule has 1 unspecified atom stereocenters. The Morgan fingerprint density at radius 3 is 1.75 bits per heavy atom. The van der Waals surface area contributed by atoms with Crippen LogP contribution in [0.25, 0.3) is 0 Å². The minimum absolute atomic E-state index is 0.0208. The number of esters is 3. The molecule has 0 radical (unpaired) electrons. The molecule has 1 saturated heterocycles. The molecule has 1 aliphatic heterocycles. The smallest absolute Gasteiger partial charge is 0.305 e. The van der Waals surface area contributed by atoms with Crippen molar-refractivity contribution in [1.82, 2.24) is 0 Å². The van der Waals surface area contributed by atoms with Crippen molar-refractivity contribution < 1.29 is 38.1 Å². The molecule has 9 heteroatoms. The zero-order valence-corrected chi connectivity index (χ0v) is 22.7. The fourth-order valence-corrected chi connectivity index (χ4v) is 8.17. The zero-order valence-electron chi connectivity index (χ0n) is 21.6. The molecule has 0 saturated carbocycles. The third kappa shape index (κ3) is 6.60. The number of carbonyl (C=O) groups excluding carboxylic acids is 3. The molecular formula is C27H34O8Si. The maximum atomic E-state index is 12.6. The van der Waals surface area contributed by atoms with Crippen molar-refractivity contribution in [3.8, 4) is 0 Å². The van der Waals surface area contributed by atoms with E-state index in [1.54, 1.807) is 0 Å². The van der Waals surface area contributed by atoms with Crippen molar-refractivity contribution in [3.05, 3.63) is 60.7 Å². The molecule has 3 rings (SSSR count). The van der Waals surface area contributed by atoms with E-state index in [-0.39, 0.29) is 6.61 Å². The van der Waals surface area contributed by atoms with E-state index in [1.807, 2.05) is 81.4 Å². The minimum atomic E-state index is -2.69. The first-order valence-corrected chi connectivity index (χ1v) is 13.6. The predicted octanol–water partition coefficient (Wildman–Crippen LogP) is 1.90. The van der Waals surface area contributed by atoms with Crippen LogP contribution in [0.5, 0.6) is 0 Å². The summed E-state index contributed by atoms with van der Waals surface area (Å²) in [4.78, 5) is 37.1. The highest BCUT2D eigenvalue weighted by molar-refractivity contribution is 6.87. The second-order valence-corrected chi connectivity index (χ2v) is 12.8. The molecule has 0 aromatic heterocycles. The van der Waals surface area contributed by atoms with Crippen LogP contribution in [-0.2, 0) is 38.1 Å². The van der Waals surface area contributed by atoms with Gasteiger partial charge in [-0.2, -0.15) is 0 Å². The summed E-state index contributed by atoms with van der Waals surface area (Å²) in [5.41, 5.74) is -2.24. The van der Waals surface area contributed by atoms with Crippen LogP contribution in [0, 0.1) is 0 Å². The molecule has 1 heterocycles. The summed E-state index contributed by atoms with van der Waals surface area (Å²) in [6.07, 6.45) is -3.14. The predicted molar refractivity (Wildman–Crippen MR) is 135 cm³/mol. The van der Waals surface area contributed by atoms with Gasteiger partial charge in [0.1, 0.15) is 6.10 Å². The SMILES string of the molecule is CC(=O)O[C@H]1[C@@H](OC(C)=O)C(OC(C)=O)([SiH](c2ccccc2)c2ccccc2)O[C@@H]1COC(C)(C)C. The Kier molecular flexibility index (Phi) is 8.70. The molecule has 0 amide bonds. The van der Waals surface area contributed by atoms with Gasteiger partial charge in [-0.25, -0.2) is 0 Å². The lowest BCUT2D eigenvalue weighted by atomic mass is 10.1. The molecule has 0 bridgehead atoms. The van der Waals surface area contributed by atoms with E-state index in [0.29, 0.717) is 0 Å². The number of benzene rings is 2. The quantitative estimate of drug-likeness (QED) is 0.299. The highest BCUT2D eigenvalue weighted by Gasteiger charge is 2.66. The lowest BCUT2D eigenvalue weighted by Crippen LogP contribution is -2.68. The van der Waals surface area contributed by atoms with Gasteiger partial charge in [0.25, 0.3) is 0 Å². The van der Waals surface area contributed by atoms with Crippen molar-refractivity contribution in [1.29, 1.82) is 0 Å². The maximum Gasteiger partial charge on any atom is 0.305 e. The molecule has 8 nitrogen and oxygen atoms in total. The highest BCUT2D eigenvalue weighted by atomic mass is 28.3. The van der Waals surface area contributed by atoms with Gasteiger partial charge in [-0.05, 0) is 20.8 Å². The van der Waals surface area contributed by atoms with E-state index in [2.05, 4.69) is 0 Å². The Morgan fingerprint density at radius 2 is 1.33 bits per heavy atom. The molecule has 0 aliphatic carbocycles. The fraction of sp³-hybridized carbons (Fsp3) is 0.444. The average Bonchev–Trinajstić information content (AvgIpc) is 3.05. The lowest BCUT2D eigenvalue weighted by Gasteiger charge is -2.39. The molecule has 1 aliphatic rings. The number of hydrogen-bond acceptors (Lipinski definition) is 8. The Labute approximate surface area is 213 Å². The summed E-state index contributed by atoms with van der Waals surface area (Å²) in [6.45, 7) is 9.47. The third-order valence-electron chi connectivity index (χ3n) is 5.64. The van der Waals surface area contributed by atoms with Gasteiger partial charge in [-0.1, -0.05) is 71.0 Å². The van der Waals surface area contributed by atoms with Gasteiger partial charge in [0.05, 0.1) is 12.2 Å². The first-order valence-electron chi connectivity index (χ1n) is 11.9. The average molecular weight is 515 g/mol. The lowest BCUT2D eigenvalue weighted by molar-refractivity contribution is -0.219. The third-order valence-corrected chi connectivity index (χ3v) is 9.13. The Morgan fingerprint density at radius 1 is 0.833 bits per heavy atom. The van der Waals surface area contributed by atoms with Crippen LogP contribution in [0.3, 0.4) is 0 Å². The Bertz CT molecular complexity index is 1010. The van der Waals surface area contributed by atoms with Gasteiger partial charge < -0.3 is 23.7 Å². The summed E-state index contributed by atoms with van der Waals surface area (Å²) in [7, 11) is -2.69. The van der Waals surface area contributed by atoms with Crippen LogP contribution >= 0.6 is 0 Å². The van der Waals surface area contributed by atoms with E-state index in [0.717, 1.165) is 10.4 Å². The summed E-state index contributed by atoms with van der Waals surface area (Å²) < 4.78 is 30.1. The van der Waals surface area contributed by atoms with Crippen LogP contribution < -0.4 is 10.4 Å². The van der Waals surface area contributed by atoms with E-state index in [4.69, 9.17) is 23.7 Å². The van der Waals surface area contributed by atoms with Crippen molar-refractivity contribution in [2.45, 2.75) is 70.9 Å². The normalized spacial score (nSPS) is 23.8. The number of ether oxygens (including phenoxy) is 5. The maximum absolute atomic E-state index is 12.6. The van der Waals surface area contributed by atoms with Crippen molar-refractivity contribution in [2.75, 3.05) is 6.61 Å². The zero-order chi connectivity index (χ0) is 26.5. The highest BCUT2D eigenvalue weighted by Crippen LogP contribution is 2.39. The van der Waals surface area contributed by atoms with E-state index in [9.17, 15) is 14.4 Å². The largest absolute Gasteiger partial charge is 0.455 e. The van der Waals surface area contributed by atoms with Crippen LogP contribution in [0.2, 0.25) is 0 Å². The van der Waals surface area contributed by atoms with Gasteiger partial charge in [0.15, 0.2) is 14.9 Å². The van der Waals surface area contributed by atoms with Crippen LogP contribution in [0.15, 0.2) is 60.7 Å². The number of hydrogen-bond donors (Lipinski definition) is 0. The van der Waals surface area contributed by atoms with Gasteiger partial charge in [0.2, 0.25) is 11.5 Å². The van der Waals surface area contributed by atoms with E-state index in [1.165, 1.54) is 20.8 Å². The van der Waals surface area contributed by atoms with Crippen LogP contribution in [0.4, 0.5) is 0 Å². The van der Waals surface area contributed by atoms with Crippen molar-refractivity contribution >= 4 is 37.1 Å². The topological polar surface area (TPSA) is 97.4 Å². The van der Waals surface area contributed by atoms with Gasteiger partial charge in [0, 0.05) is 20.8 Å². The molecule has 4 atom stereocenters. The Hall–Kier alpha value is -3.01. The summed E-state index contributed by atoms with van der Waals surface area (Å²) in [5.74, 6) is -1.82. The fourth-order valence-electron chi connectivity index (χ4n) is 4.46. The molecule has 0 N–H and O–H groups in total. The second kappa shape index (κ2) is 11.4. The van der Waals surface area contributed by atoms with Crippen molar-refractivity contribution in [2.24, 2.45) is 0 Å². The molecule has 0 spiro atoms.